The van der Waals surface area contributed by atoms with E-state index in [2.05, 4.69) is 15.9 Å². The van der Waals surface area contributed by atoms with E-state index in [4.69, 9.17) is 10.8 Å². The minimum atomic E-state index is -3.79. The average Bonchev–Trinajstić information content (AvgIpc) is 2.24. The number of hydrogen-bond acceptors (Lipinski definition) is 2. The molecule has 0 bridgehead atoms. The van der Waals surface area contributed by atoms with Crippen LogP contribution in [0.3, 0.4) is 0 Å². The van der Waals surface area contributed by atoms with E-state index < -0.39 is 35.8 Å². The number of hydrogen-bond donors (Lipinski definition) is 2. The number of nitrogens with two attached hydrogens (primary N) is 1. The highest BCUT2D eigenvalue weighted by Crippen LogP contribution is 2.34. The minimum absolute atomic E-state index is 0.173. The molecule has 7 heteroatoms. The van der Waals surface area contributed by atoms with E-state index in [9.17, 15) is 17.6 Å². The van der Waals surface area contributed by atoms with Gasteiger partial charge in [0, 0.05) is 5.56 Å². The Morgan fingerprint density at radius 1 is 1.38 bits per heavy atom. The Balaban J connectivity index is 3.28. The number of aliphatic hydroxyl groups is 1. The van der Waals surface area contributed by atoms with Gasteiger partial charge in [0.15, 0.2) is 0 Å². The number of benzene rings is 1. The molecular weight excluding hydrogens is 294 g/mol. The third-order valence-corrected chi connectivity index (χ3v) is 2.67. The summed E-state index contributed by atoms with van der Waals surface area (Å²) in [6.07, 6.45) is 0. The van der Waals surface area contributed by atoms with E-state index in [0.717, 1.165) is 12.1 Å². The van der Waals surface area contributed by atoms with Crippen LogP contribution in [0.2, 0.25) is 0 Å². The normalized spacial score (nSPS) is 13.9. The molecule has 16 heavy (non-hydrogen) atoms. The summed E-state index contributed by atoms with van der Waals surface area (Å²) < 4.78 is 52.4. The average molecular weight is 302 g/mol. The third-order valence-electron chi connectivity index (χ3n) is 2.06. The molecule has 0 saturated heterocycles. The van der Waals surface area contributed by atoms with Gasteiger partial charge in [-0.25, -0.2) is 17.6 Å². The molecule has 0 amide bonds. The molecule has 0 aliphatic rings. The summed E-state index contributed by atoms with van der Waals surface area (Å²) >= 11 is 2.73. The summed E-state index contributed by atoms with van der Waals surface area (Å²) in [7, 11) is 0. The van der Waals surface area contributed by atoms with Crippen LogP contribution in [0.5, 0.6) is 0 Å². The first-order valence-corrected chi connectivity index (χ1v) is 4.98. The van der Waals surface area contributed by atoms with Crippen LogP contribution in [0.4, 0.5) is 17.6 Å². The Bertz CT molecular complexity index is 399. The smallest absolute Gasteiger partial charge is 0.289 e. The van der Waals surface area contributed by atoms with E-state index in [0.29, 0.717) is 0 Å². The van der Waals surface area contributed by atoms with E-state index >= 15 is 0 Å². The lowest BCUT2D eigenvalue weighted by molar-refractivity contribution is -0.0726. The second-order valence-corrected chi connectivity index (χ2v) is 4.01. The van der Waals surface area contributed by atoms with Crippen molar-refractivity contribution in [2.45, 2.75) is 12.0 Å². The molecule has 0 aliphatic carbocycles. The van der Waals surface area contributed by atoms with Crippen molar-refractivity contribution >= 4 is 15.9 Å². The standard InChI is InChI=1S/C9H8BrF4NO/c10-4-1-2-5(11)6(7(4)12)8(15)9(13,14)3-16/h1-2,8,16H,3,15H2/t8-/m0/s1. The van der Waals surface area contributed by atoms with E-state index in [1.54, 1.807) is 0 Å². The van der Waals surface area contributed by atoms with Crippen molar-refractivity contribution in [3.63, 3.8) is 0 Å². The van der Waals surface area contributed by atoms with Crippen LogP contribution in [0.25, 0.3) is 0 Å². The maximum Gasteiger partial charge on any atom is 0.289 e. The molecule has 90 valence electrons. The number of rotatable bonds is 3. The Morgan fingerprint density at radius 2 is 1.94 bits per heavy atom. The Kier molecular flexibility index (Phi) is 3.92. The quantitative estimate of drug-likeness (QED) is 0.665. The number of alkyl halides is 2. The van der Waals surface area contributed by atoms with Gasteiger partial charge in [-0.15, -0.1) is 0 Å². The second-order valence-electron chi connectivity index (χ2n) is 3.15. The maximum atomic E-state index is 13.4. The summed E-state index contributed by atoms with van der Waals surface area (Å²) in [5, 5.41) is 8.39. The predicted molar refractivity (Wildman–Crippen MR) is 53.0 cm³/mol. The molecule has 3 N–H and O–H groups in total. The van der Waals surface area contributed by atoms with E-state index in [-0.39, 0.29) is 4.47 Å². The fourth-order valence-electron chi connectivity index (χ4n) is 1.14. The van der Waals surface area contributed by atoms with Gasteiger partial charge in [-0.2, -0.15) is 0 Å². The van der Waals surface area contributed by atoms with Gasteiger partial charge in [0.25, 0.3) is 5.92 Å². The monoisotopic (exact) mass is 301 g/mol. The lowest BCUT2D eigenvalue weighted by Crippen LogP contribution is -2.37. The van der Waals surface area contributed by atoms with Crippen molar-refractivity contribution in [2.75, 3.05) is 6.61 Å². The van der Waals surface area contributed by atoms with Gasteiger partial charge in [0.2, 0.25) is 0 Å². The first-order valence-electron chi connectivity index (χ1n) is 4.19. The first-order chi connectivity index (χ1) is 7.31. The fraction of sp³-hybridized carbons (Fsp3) is 0.333. The van der Waals surface area contributed by atoms with Gasteiger partial charge < -0.3 is 10.8 Å². The highest BCUT2D eigenvalue weighted by Gasteiger charge is 2.40. The summed E-state index contributed by atoms with van der Waals surface area (Å²) in [6.45, 7) is -1.58. The molecule has 2 nitrogen and oxygen atoms in total. The van der Waals surface area contributed by atoms with Crippen LogP contribution in [0, 0.1) is 11.6 Å². The zero-order chi connectivity index (χ0) is 12.5. The predicted octanol–water partition coefficient (Wildman–Crippen LogP) is 2.35. The summed E-state index contributed by atoms with van der Waals surface area (Å²) in [6, 6.07) is -0.386. The maximum absolute atomic E-state index is 13.4. The Labute approximate surface area is 97.2 Å². The van der Waals surface area contributed by atoms with Crippen molar-refractivity contribution in [1.82, 2.24) is 0 Å². The summed E-state index contributed by atoms with van der Waals surface area (Å²) in [4.78, 5) is 0. The van der Waals surface area contributed by atoms with Crippen molar-refractivity contribution in [1.29, 1.82) is 0 Å². The molecular formula is C9H8BrF4NO. The third kappa shape index (κ3) is 2.36. The molecule has 0 heterocycles. The molecule has 0 unspecified atom stereocenters. The van der Waals surface area contributed by atoms with Crippen molar-refractivity contribution < 1.29 is 22.7 Å². The van der Waals surface area contributed by atoms with Crippen LogP contribution in [-0.4, -0.2) is 17.6 Å². The van der Waals surface area contributed by atoms with Gasteiger partial charge in [0.1, 0.15) is 24.3 Å². The minimum Gasteiger partial charge on any atom is -0.390 e. The molecule has 0 saturated carbocycles. The number of halogens is 5. The lowest BCUT2D eigenvalue weighted by Gasteiger charge is -2.22. The number of aliphatic hydroxyl groups excluding tert-OH is 1. The summed E-state index contributed by atoms with van der Waals surface area (Å²) in [5.74, 6) is -6.16. The van der Waals surface area contributed by atoms with Gasteiger partial charge in [-0.3, -0.25) is 0 Å². The molecule has 0 aromatic heterocycles. The van der Waals surface area contributed by atoms with Crippen LogP contribution in [-0.2, 0) is 0 Å². The molecule has 0 spiro atoms. The zero-order valence-corrected chi connectivity index (χ0v) is 9.44. The molecule has 0 aliphatic heterocycles. The first kappa shape index (κ1) is 13.4. The molecule has 1 aromatic carbocycles. The highest BCUT2D eigenvalue weighted by molar-refractivity contribution is 9.10. The van der Waals surface area contributed by atoms with Crippen molar-refractivity contribution in [3.8, 4) is 0 Å². The highest BCUT2D eigenvalue weighted by atomic mass is 79.9. The zero-order valence-electron chi connectivity index (χ0n) is 7.85. The van der Waals surface area contributed by atoms with Crippen LogP contribution < -0.4 is 5.73 Å². The van der Waals surface area contributed by atoms with Crippen LogP contribution in [0.1, 0.15) is 11.6 Å². The molecule has 1 atom stereocenters. The Morgan fingerprint density at radius 3 is 2.44 bits per heavy atom. The fourth-order valence-corrected chi connectivity index (χ4v) is 1.48. The van der Waals surface area contributed by atoms with Gasteiger partial charge >= 0.3 is 0 Å². The van der Waals surface area contributed by atoms with Gasteiger partial charge in [0.05, 0.1) is 4.47 Å². The van der Waals surface area contributed by atoms with Gasteiger partial charge in [-0.1, -0.05) is 0 Å². The molecule has 1 aromatic rings. The van der Waals surface area contributed by atoms with Crippen molar-refractivity contribution in [3.05, 3.63) is 33.8 Å². The van der Waals surface area contributed by atoms with Gasteiger partial charge in [-0.05, 0) is 28.1 Å². The van der Waals surface area contributed by atoms with Crippen LogP contribution in [0.15, 0.2) is 16.6 Å². The largest absolute Gasteiger partial charge is 0.390 e. The lowest BCUT2D eigenvalue weighted by atomic mass is 10.0. The molecule has 0 fully saturated rings. The van der Waals surface area contributed by atoms with Crippen molar-refractivity contribution in [2.24, 2.45) is 5.73 Å². The Hall–Kier alpha value is -0.660. The van der Waals surface area contributed by atoms with Crippen LogP contribution >= 0.6 is 15.9 Å². The molecule has 1 rings (SSSR count). The topological polar surface area (TPSA) is 46.2 Å². The summed E-state index contributed by atoms with van der Waals surface area (Å²) in [5.41, 5.74) is 4.09. The van der Waals surface area contributed by atoms with E-state index in [1.165, 1.54) is 0 Å². The molecule has 0 radical (unpaired) electrons. The second kappa shape index (κ2) is 4.68. The van der Waals surface area contributed by atoms with E-state index in [1.807, 2.05) is 0 Å². The SMILES string of the molecule is N[C@@H](c1c(F)ccc(Br)c1F)C(F)(F)CO.